The van der Waals surface area contributed by atoms with Crippen LogP contribution in [0.25, 0.3) is 21.8 Å². The van der Waals surface area contributed by atoms with Crippen molar-refractivity contribution in [3.05, 3.63) is 63.7 Å². The molecule has 3 heterocycles. The molecule has 1 aromatic carbocycles. The zero-order chi connectivity index (χ0) is 18.4. The van der Waals surface area contributed by atoms with Crippen LogP contribution in [-0.2, 0) is 6.54 Å². The van der Waals surface area contributed by atoms with Crippen molar-refractivity contribution in [3.63, 3.8) is 0 Å². The molecule has 0 fully saturated rings. The lowest BCUT2D eigenvalue weighted by molar-refractivity contribution is 0.0691. The van der Waals surface area contributed by atoms with Gasteiger partial charge in [-0.05, 0) is 36.8 Å². The fraction of sp³-hybridized carbons (Fsp3) is 0.111. The van der Waals surface area contributed by atoms with Gasteiger partial charge in [0.25, 0.3) is 0 Å². The normalized spacial score (nSPS) is 11.3. The summed E-state index contributed by atoms with van der Waals surface area (Å²) in [6.07, 6.45) is 1.60. The molecule has 0 bridgehead atoms. The van der Waals surface area contributed by atoms with Crippen molar-refractivity contribution in [2.45, 2.75) is 13.5 Å². The van der Waals surface area contributed by atoms with Gasteiger partial charge < -0.3 is 5.11 Å². The fourth-order valence-electron chi connectivity index (χ4n) is 2.96. The van der Waals surface area contributed by atoms with Crippen LogP contribution in [0.5, 0.6) is 0 Å². The van der Waals surface area contributed by atoms with Crippen LogP contribution in [0.15, 0.2) is 36.5 Å². The van der Waals surface area contributed by atoms with Crippen LogP contribution in [0, 0.1) is 6.92 Å². The number of hydrogen-bond donors (Lipinski definition) is 1. The highest BCUT2D eigenvalue weighted by Gasteiger charge is 2.20. The number of carbonyl (C=O) groups is 1. The van der Waals surface area contributed by atoms with Crippen LogP contribution in [0.1, 0.15) is 21.7 Å². The van der Waals surface area contributed by atoms with Crippen molar-refractivity contribution in [3.8, 4) is 0 Å². The van der Waals surface area contributed by atoms with E-state index in [1.54, 1.807) is 23.9 Å². The first-order valence-electron chi connectivity index (χ1n) is 7.73. The van der Waals surface area contributed by atoms with E-state index in [-0.39, 0.29) is 10.8 Å². The number of benzene rings is 1. The highest BCUT2D eigenvalue weighted by molar-refractivity contribution is 6.35. The molecule has 0 amide bonds. The minimum Gasteiger partial charge on any atom is -0.476 e. The molecule has 3 aromatic heterocycles. The maximum Gasteiger partial charge on any atom is 0.357 e. The van der Waals surface area contributed by atoms with Crippen LogP contribution in [0.4, 0.5) is 0 Å². The minimum atomic E-state index is -1.14. The smallest absolute Gasteiger partial charge is 0.357 e. The van der Waals surface area contributed by atoms with Gasteiger partial charge >= 0.3 is 5.97 Å². The number of aromatic carboxylic acids is 1. The van der Waals surface area contributed by atoms with E-state index in [0.29, 0.717) is 28.2 Å². The van der Waals surface area contributed by atoms with Gasteiger partial charge in [-0.25, -0.2) is 9.78 Å². The Morgan fingerprint density at radius 3 is 2.81 bits per heavy atom. The van der Waals surface area contributed by atoms with Crippen LogP contribution in [0.2, 0.25) is 10.2 Å². The van der Waals surface area contributed by atoms with Gasteiger partial charge in [0.2, 0.25) is 0 Å². The number of pyridine rings is 2. The molecule has 0 saturated carbocycles. The lowest BCUT2D eigenvalue weighted by Crippen LogP contribution is -2.04. The summed E-state index contributed by atoms with van der Waals surface area (Å²) in [4.78, 5) is 20.0. The molecule has 0 radical (unpaired) electrons. The van der Waals surface area contributed by atoms with E-state index in [1.165, 1.54) is 0 Å². The van der Waals surface area contributed by atoms with Crippen molar-refractivity contribution in [2.24, 2.45) is 0 Å². The third kappa shape index (κ3) is 2.87. The number of carboxylic acid groups (broad SMARTS) is 1. The Balaban J connectivity index is 1.86. The summed E-state index contributed by atoms with van der Waals surface area (Å²) in [5.41, 5.74) is 2.98. The molecule has 4 rings (SSSR count). The van der Waals surface area contributed by atoms with Gasteiger partial charge in [0, 0.05) is 17.3 Å². The number of nitrogens with zero attached hydrogens (tertiary/aromatic N) is 4. The van der Waals surface area contributed by atoms with Crippen molar-refractivity contribution in [1.29, 1.82) is 0 Å². The largest absolute Gasteiger partial charge is 0.476 e. The Labute approximate surface area is 158 Å². The first-order chi connectivity index (χ1) is 12.4. The monoisotopic (exact) mass is 386 g/mol. The Morgan fingerprint density at radius 2 is 2.04 bits per heavy atom. The second kappa shape index (κ2) is 6.23. The zero-order valence-electron chi connectivity index (χ0n) is 13.6. The molecule has 0 aliphatic rings. The lowest BCUT2D eigenvalue weighted by Gasteiger charge is -2.06. The van der Waals surface area contributed by atoms with Crippen molar-refractivity contribution >= 4 is 51.0 Å². The molecule has 6 nitrogen and oxygen atoms in total. The molecule has 0 atom stereocenters. The molecule has 4 aromatic rings. The molecule has 0 spiro atoms. The maximum absolute atomic E-state index is 11.5. The molecular formula is C18H12Cl2N4O2. The predicted molar refractivity (Wildman–Crippen MR) is 100 cm³/mol. The Bertz CT molecular complexity index is 1190. The summed E-state index contributed by atoms with van der Waals surface area (Å²) in [6, 6.07) is 9.39. The van der Waals surface area contributed by atoms with E-state index >= 15 is 0 Å². The summed E-state index contributed by atoms with van der Waals surface area (Å²) < 4.78 is 1.62. The van der Waals surface area contributed by atoms with Crippen molar-refractivity contribution in [1.82, 2.24) is 19.7 Å². The topological polar surface area (TPSA) is 80.9 Å². The number of fused-ring (bicyclic) bond motifs is 2. The van der Waals surface area contributed by atoms with Crippen molar-refractivity contribution in [2.75, 3.05) is 0 Å². The quantitative estimate of drug-likeness (QED) is 0.529. The van der Waals surface area contributed by atoms with E-state index in [0.717, 1.165) is 16.5 Å². The molecule has 1 N–H and O–H groups in total. The van der Waals surface area contributed by atoms with E-state index in [2.05, 4.69) is 15.1 Å². The number of hydrogen-bond acceptors (Lipinski definition) is 4. The SMILES string of the molecule is Cc1cc2c(c(Cl)n1)c(C(=O)O)nn2Cc1ccc2ncc(Cl)cc2c1. The van der Waals surface area contributed by atoms with Gasteiger partial charge in [-0.2, -0.15) is 5.10 Å². The molecule has 0 aliphatic carbocycles. The van der Waals surface area contributed by atoms with Crippen LogP contribution in [-0.4, -0.2) is 30.8 Å². The van der Waals surface area contributed by atoms with Crippen LogP contribution < -0.4 is 0 Å². The van der Waals surface area contributed by atoms with E-state index in [1.807, 2.05) is 24.3 Å². The average molecular weight is 387 g/mol. The summed E-state index contributed by atoms with van der Waals surface area (Å²) >= 11 is 12.2. The number of rotatable bonds is 3. The number of aromatic nitrogens is 4. The average Bonchev–Trinajstić information content (AvgIpc) is 2.93. The summed E-state index contributed by atoms with van der Waals surface area (Å²) in [7, 11) is 0. The van der Waals surface area contributed by atoms with E-state index in [4.69, 9.17) is 23.2 Å². The van der Waals surface area contributed by atoms with E-state index in [9.17, 15) is 9.90 Å². The zero-order valence-corrected chi connectivity index (χ0v) is 15.1. The highest BCUT2D eigenvalue weighted by Crippen LogP contribution is 2.27. The molecule has 0 aliphatic heterocycles. The molecule has 8 heteroatoms. The summed E-state index contributed by atoms with van der Waals surface area (Å²) in [6.45, 7) is 2.18. The minimum absolute atomic E-state index is 0.108. The molecule has 130 valence electrons. The van der Waals surface area contributed by atoms with Crippen LogP contribution in [0.3, 0.4) is 0 Å². The number of carboxylic acids is 1. The first kappa shape index (κ1) is 16.8. The lowest BCUT2D eigenvalue weighted by atomic mass is 10.1. The number of aryl methyl sites for hydroxylation is 1. The standard InChI is InChI=1S/C18H12Cl2N4O2/c1-9-4-14-15(17(20)22-9)16(18(25)26)23-24(14)8-10-2-3-13-11(5-10)6-12(19)7-21-13/h2-7H,8H2,1H3,(H,25,26). The van der Waals surface area contributed by atoms with Gasteiger partial charge in [-0.15, -0.1) is 0 Å². The fourth-order valence-corrected chi connectivity index (χ4v) is 3.45. The van der Waals surface area contributed by atoms with Gasteiger partial charge in [0.1, 0.15) is 5.15 Å². The molecular weight excluding hydrogens is 375 g/mol. The Hall–Kier alpha value is -2.70. The maximum atomic E-state index is 11.5. The van der Waals surface area contributed by atoms with Crippen LogP contribution >= 0.6 is 23.2 Å². The summed E-state index contributed by atoms with van der Waals surface area (Å²) in [5.74, 6) is -1.14. The molecule has 0 saturated heterocycles. The Kier molecular flexibility index (Phi) is 4.01. The second-order valence-electron chi connectivity index (χ2n) is 5.94. The second-order valence-corrected chi connectivity index (χ2v) is 6.74. The van der Waals surface area contributed by atoms with E-state index < -0.39 is 5.97 Å². The molecule has 0 unspecified atom stereocenters. The van der Waals surface area contributed by atoms with Gasteiger partial charge in [0.05, 0.1) is 28.0 Å². The third-order valence-corrected chi connectivity index (χ3v) is 4.55. The van der Waals surface area contributed by atoms with Crippen molar-refractivity contribution < 1.29 is 9.90 Å². The summed E-state index contributed by atoms with van der Waals surface area (Å²) in [5, 5.41) is 15.6. The third-order valence-electron chi connectivity index (χ3n) is 4.07. The predicted octanol–water partition coefficient (Wildman–Crippen LogP) is 4.34. The molecule has 26 heavy (non-hydrogen) atoms. The number of halogens is 2. The van der Waals surface area contributed by atoms with Gasteiger partial charge in [0.15, 0.2) is 5.69 Å². The van der Waals surface area contributed by atoms with Gasteiger partial charge in [-0.1, -0.05) is 29.3 Å². The first-order valence-corrected chi connectivity index (χ1v) is 8.49. The highest BCUT2D eigenvalue weighted by atomic mass is 35.5. The Morgan fingerprint density at radius 1 is 1.23 bits per heavy atom. The van der Waals surface area contributed by atoms with Gasteiger partial charge in [-0.3, -0.25) is 9.67 Å².